The topological polar surface area (TPSA) is 111 Å². The van der Waals surface area contributed by atoms with Gasteiger partial charge in [0.25, 0.3) is 11.8 Å². The molecule has 0 spiro atoms. The van der Waals surface area contributed by atoms with Gasteiger partial charge in [0.1, 0.15) is 0 Å². The zero-order valence-electron chi connectivity index (χ0n) is 15.9. The highest BCUT2D eigenvalue weighted by Gasteiger charge is 2.11. The van der Waals surface area contributed by atoms with Crippen molar-refractivity contribution in [1.29, 1.82) is 0 Å². The number of anilines is 1. The number of nitrogens with zero attached hydrogens (tertiary/aromatic N) is 3. The molecule has 2 N–H and O–H groups in total. The van der Waals surface area contributed by atoms with Crippen molar-refractivity contribution < 1.29 is 14.0 Å². The Morgan fingerprint density at radius 3 is 2.73 bits per heavy atom. The second-order valence-corrected chi connectivity index (χ2v) is 6.56. The normalized spacial score (nSPS) is 10.8. The lowest BCUT2D eigenvalue weighted by atomic mass is 10.2. The molecule has 0 unspecified atom stereocenters. The van der Waals surface area contributed by atoms with Crippen molar-refractivity contribution in [3.8, 4) is 0 Å². The number of nitrogens with one attached hydrogen (secondary N) is 2. The number of benzene rings is 1. The summed E-state index contributed by atoms with van der Waals surface area (Å²) in [7, 11) is 0. The number of carbonyl (C=O) groups excluding carboxylic acids is 2. The number of aryl methyl sites for hydroxylation is 1. The summed E-state index contributed by atoms with van der Waals surface area (Å²) in [4.78, 5) is 36.7. The van der Waals surface area contributed by atoms with Gasteiger partial charge in [0.2, 0.25) is 0 Å². The molecular formula is C21H19N5O4. The Hall–Kier alpha value is -4.14. The quantitative estimate of drug-likeness (QED) is 0.458. The van der Waals surface area contributed by atoms with Gasteiger partial charge in [-0.3, -0.25) is 14.0 Å². The number of furan rings is 1. The number of hydrogen-bond acceptors (Lipinski definition) is 5. The molecule has 152 valence electrons. The maximum atomic E-state index is 12.4. The lowest BCUT2D eigenvalue weighted by molar-refractivity contribution is 0.0950. The molecule has 1 aromatic carbocycles. The molecule has 9 nitrogen and oxygen atoms in total. The average Bonchev–Trinajstić information content (AvgIpc) is 3.40. The number of fused-ring (bicyclic) bond motifs is 1. The van der Waals surface area contributed by atoms with Crippen LogP contribution in [0.2, 0.25) is 0 Å². The van der Waals surface area contributed by atoms with E-state index in [1.807, 2.05) is 6.07 Å². The van der Waals surface area contributed by atoms with Gasteiger partial charge in [-0.05, 0) is 48.9 Å². The third-order valence-corrected chi connectivity index (χ3v) is 4.45. The maximum absolute atomic E-state index is 12.4. The summed E-state index contributed by atoms with van der Waals surface area (Å²) in [5, 5.41) is 9.75. The summed E-state index contributed by atoms with van der Waals surface area (Å²) < 4.78 is 7.91. The van der Waals surface area contributed by atoms with Crippen LogP contribution >= 0.6 is 0 Å². The van der Waals surface area contributed by atoms with Crippen LogP contribution in [-0.2, 0) is 6.54 Å². The smallest absolute Gasteiger partial charge is 0.350 e. The van der Waals surface area contributed by atoms with Crippen molar-refractivity contribution in [2.45, 2.75) is 13.0 Å². The van der Waals surface area contributed by atoms with Gasteiger partial charge in [0.15, 0.2) is 11.4 Å². The van der Waals surface area contributed by atoms with Crippen molar-refractivity contribution in [3.63, 3.8) is 0 Å². The highest BCUT2D eigenvalue weighted by Crippen LogP contribution is 2.13. The SMILES string of the molecule is O=C(NCCCn1nc2ccccn2c1=O)c1cccc(NC(=O)c2ccco2)c1. The minimum Gasteiger partial charge on any atom is -0.459 e. The van der Waals surface area contributed by atoms with E-state index in [-0.39, 0.29) is 17.4 Å². The van der Waals surface area contributed by atoms with E-state index in [0.717, 1.165) is 0 Å². The summed E-state index contributed by atoms with van der Waals surface area (Å²) in [6.45, 7) is 0.766. The Labute approximate surface area is 170 Å². The van der Waals surface area contributed by atoms with E-state index in [1.165, 1.54) is 15.3 Å². The number of aromatic nitrogens is 3. The summed E-state index contributed by atoms with van der Waals surface area (Å²) in [5.41, 5.74) is 1.27. The van der Waals surface area contributed by atoms with Crippen molar-refractivity contribution >= 4 is 23.1 Å². The maximum Gasteiger partial charge on any atom is 0.350 e. The molecule has 2 amide bonds. The number of rotatable bonds is 7. The predicted molar refractivity (Wildman–Crippen MR) is 110 cm³/mol. The van der Waals surface area contributed by atoms with E-state index in [9.17, 15) is 14.4 Å². The number of hydrogen-bond donors (Lipinski definition) is 2. The molecular weight excluding hydrogens is 386 g/mol. The molecule has 4 rings (SSSR count). The number of amides is 2. The van der Waals surface area contributed by atoms with E-state index >= 15 is 0 Å². The molecule has 4 aromatic rings. The van der Waals surface area contributed by atoms with Crippen molar-refractivity contribution in [3.05, 3.63) is 88.9 Å². The molecule has 0 saturated heterocycles. The fraction of sp³-hybridized carbons (Fsp3) is 0.143. The molecule has 3 aromatic heterocycles. The van der Waals surface area contributed by atoms with E-state index < -0.39 is 5.91 Å². The van der Waals surface area contributed by atoms with E-state index in [2.05, 4.69) is 15.7 Å². The summed E-state index contributed by atoms with van der Waals surface area (Å²) >= 11 is 0. The van der Waals surface area contributed by atoms with Crippen LogP contribution in [0.3, 0.4) is 0 Å². The lowest BCUT2D eigenvalue weighted by Crippen LogP contribution is -2.27. The molecule has 0 bridgehead atoms. The Kier molecular flexibility index (Phi) is 5.42. The van der Waals surface area contributed by atoms with Gasteiger partial charge in [-0.1, -0.05) is 12.1 Å². The second-order valence-electron chi connectivity index (χ2n) is 6.56. The van der Waals surface area contributed by atoms with Gasteiger partial charge >= 0.3 is 5.69 Å². The van der Waals surface area contributed by atoms with Gasteiger partial charge in [-0.25, -0.2) is 9.48 Å². The Morgan fingerprint density at radius 1 is 1.03 bits per heavy atom. The molecule has 0 atom stereocenters. The largest absolute Gasteiger partial charge is 0.459 e. The van der Waals surface area contributed by atoms with E-state index in [1.54, 1.807) is 54.7 Å². The van der Waals surface area contributed by atoms with Crippen LogP contribution in [0.4, 0.5) is 5.69 Å². The molecule has 0 aliphatic carbocycles. The van der Waals surface area contributed by atoms with Crippen LogP contribution in [0.1, 0.15) is 27.3 Å². The predicted octanol–water partition coefficient (Wildman–Crippen LogP) is 2.16. The van der Waals surface area contributed by atoms with Crippen LogP contribution < -0.4 is 16.3 Å². The summed E-state index contributed by atoms with van der Waals surface area (Å²) in [6.07, 6.45) is 3.63. The first kappa shape index (κ1) is 19.2. The Balaban J connectivity index is 1.31. The molecule has 0 fully saturated rings. The van der Waals surface area contributed by atoms with Crippen LogP contribution in [0.5, 0.6) is 0 Å². The zero-order valence-corrected chi connectivity index (χ0v) is 15.9. The monoisotopic (exact) mass is 405 g/mol. The van der Waals surface area contributed by atoms with Gasteiger partial charge < -0.3 is 15.1 Å². The van der Waals surface area contributed by atoms with Crippen LogP contribution in [0.15, 0.2) is 76.3 Å². The van der Waals surface area contributed by atoms with Crippen LogP contribution in [0.25, 0.3) is 5.65 Å². The molecule has 3 heterocycles. The standard InChI is InChI=1S/C21H19N5O4/c27-19(15-6-3-7-16(14-15)23-20(28)17-8-4-13-30-17)22-10-5-12-26-21(29)25-11-2-1-9-18(25)24-26/h1-4,6-9,11,13-14H,5,10,12H2,(H,22,27)(H,23,28). The lowest BCUT2D eigenvalue weighted by Gasteiger charge is -2.08. The van der Waals surface area contributed by atoms with Gasteiger partial charge in [-0.2, -0.15) is 0 Å². The van der Waals surface area contributed by atoms with Crippen LogP contribution in [-0.4, -0.2) is 32.5 Å². The molecule has 0 radical (unpaired) electrons. The van der Waals surface area contributed by atoms with Crippen molar-refractivity contribution in [2.75, 3.05) is 11.9 Å². The third kappa shape index (κ3) is 4.14. The number of pyridine rings is 1. The third-order valence-electron chi connectivity index (χ3n) is 4.45. The molecule has 30 heavy (non-hydrogen) atoms. The van der Waals surface area contributed by atoms with Crippen molar-refractivity contribution in [1.82, 2.24) is 19.5 Å². The fourth-order valence-electron chi connectivity index (χ4n) is 2.99. The Morgan fingerprint density at radius 2 is 1.93 bits per heavy atom. The van der Waals surface area contributed by atoms with Gasteiger partial charge in [0.05, 0.1) is 6.26 Å². The van der Waals surface area contributed by atoms with Gasteiger partial charge in [-0.15, -0.1) is 5.10 Å². The second kappa shape index (κ2) is 8.48. The minimum atomic E-state index is -0.393. The van der Waals surface area contributed by atoms with Crippen molar-refractivity contribution in [2.24, 2.45) is 0 Å². The fourth-order valence-corrected chi connectivity index (χ4v) is 2.99. The number of carbonyl (C=O) groups is 2. The summed E-state index contributed by atoms with van der Waals surface area (Å²) in [6, 6.07) is 15.1. The summed E-state index contributed by atoms with van der Waals surface area (Å²) in [5.74, 6) is -0.478. The molecule has 0 aliphatic rings. The Bertz CT molecular complexity index is 1240. The highest BCUT2D eigenvalue weighted by molar-refractivity contribution is 6.03. The average molecular weight is 405 g/mol. The van der Waals surface area contributed by atoms with Crippen LogP contribution in [0, 0.1) is 0 Å². The minimum absolute atomic E-state index is 0.187. The first-order valence-corrected chi connectivity index (χ1v) is 9.39. The van der Waals surface area contributed by atoms with E-state index in [4.69, 9.17) is 4.42 Å². The first-order valence-electron chi connectivity index (χ1n) is 9.39. The first-order chi connectivity index (χ1) is 14.6. The molecule has 0 saturated carbocycles. The van der Waals surface area contributed by atoms with Gasteiger partial charge in [0, 0.05) is 30.5 Å². The molecule has 9 heteroatoms. The zero-order chi connectivity index (χ0) is 20.9. The highest BCUT2D eigenvalue weighted by atomic mass is 16.3. The van der Waals surface area contributed by atoms with E-state index in [0.29, 0.717) is 36.4 Å². The molecule has 0 aliphatic heterocycles.